The monoisotopic (exact) mass is 409 g/mol. The minimum atomic E-state index is -0.150. The van der Waals surface area contributed by atoms with Crippen molar-refractivity contribution in [2.45, 2.75) is 11.3 Å². The van der Waals surface area contributed by atoms with Gasteiger partial charge in [0.05, 0.1) is 17.0 Å². The van der Waals surface area contributed by atoms with Crippen LogP contribution >= 0.6 is 23.5 Å². The lowest BCUT2D eigenvalue weighted by Gasteiger charge is -2.11. The highest BCUT2D eigenvalue weighted by atomic mass is 35.5. The number of amides is 1. The SMILES string of the molecule is NSc1cc(NC(=O)Cc2ccccc2Cl)ccc1-n1cc2cccnc2n1. The molecule has 0 radical (unpaired) electrons. The number of nitrogens with two attached hydrogens (primary N) is 1. The summed E-state index contributed by atoms with van der Waals surface area (Å²) < 4.78 is 1.74. The van der Waals surface area contributed by atoms with Crippen molar-refractivity contribution in [3.8, 4) is 5.69 Å². The van der Waals surface area contributed by atoms with E-state index in [1.165, 1.54) is 0 Å². The maximum atomic E-state index is 12.4. The van der Waals surface area contributed by atoms with Crippen molar-refractivity contribution >= 4 is 46.2 Å². The van der Waals surface area contributed by atoms with E-state index in [0.29, 0.717) is 16.4 Å². The van der Waals surface area contributed by atoms with E-state index in [9.17, 15) is 4.79 Å². The second kappa shape index (κ2) is 8.02. The molecule has 8 heteroatoms. The van der Waals surface area contributed by atoms with Crippen molar-refractivity contribution in [1.29, 1.82) is 0 Å². The molecule has 0 fully saturated rings. The highest BCUT2D eigenvalue weighted by Crippen LogP contribution is 2.27. The Balaban J connectivity index is 1.56. The molecule has 0 aliphatic heterocycles. The molecule has 4 rings (SSSR count). The van der Waals surface area contributed by atoms with Crippen LogP contribution in [0.25, 0.3) is 16.7 Å². The molecule has 3 N–H and O–H groups in total. The van der Waals surface area contributed by atoms with E-state index in [2.05, 4.69) is 15.4 Å². The highest BCUT2D eigenvalue weighted by molar-refractivity contribution is 7.97. The topological polar surface area (TPSA) is 85.8 Å². The van der Waals surface area contributed by atoms with Crippen LogP contribution in [0.5, 0.6) is 0 Å². The van der Waals surface area contributed by atoms with Crippen molar-refractivity contribution in [3.05, 3.63) is 77.6 Å². The Morgan fingerprint density at radius 2 is 2.04 bits per heavy atom. The predicted octanol–water partition coefficient (Wildman–Crippen LogP) is 4.22. The molecule has 0 saturated heterocycles. The summed E-state index contributed by atoms with van der Waals surface area (Å²) in [6, 6.07) is 16.6. The fourth-order valence-electron chi connectivity index (χ4n) is 2.88. The van der Waals surface area contributed by atoms with E-state index >= 15 is 0 Å². The summed E-state index contributed by atoms with van der Waals surface area (Å²) in [6.07, 6.45) is 3.80. The zero-order valence-electron chi connectivity index (χ0n) is 14.7. The third-order valence-corrected chi connectivity index (χ3v) is 5.16. The summed E-state index contributed by atoms with van der Waals surface area (Å²) in [5.74, 6) is -0.150. The van der Waals surface area contributed by atoms with E-state index in [-0.39, 0.29) is 12.3 Å². The van der Waals surface area contributed by atoms with Crippen LogP contribution in [-0.2, 0) is 11.2 Å². The van der Waals surface area contributed by atoms with Gasteiger partial charge in [0.2, 0.25) is 5.91 Å². The van der Waals surface area contributed by atoms with E-state index in [0.717, 1.165) is 33.5 Å². The number of pyridine rings is 1. The van der Waals surface area contributed by atoms with E-state index in [1.54, 1.807) is 16.9 Å². The van der Waals surface area contributed by atoms with Crippen molar-refractivity contribution in [2.75, 3.05) is 5.32 Å². The Morgan fingerprint density at radius 1 is 1.18 bits per heavy atom. The second-order valence-electron chi connectivity index (χ2n) is 6.11. The van der Waals surface area contributed by atoms with Gasteiger partial charge in [-0.15, -0.1) is 5.10 Å². The lowest BCUT2D eigenvalue weighted by Crippen LogP contribution is -2.15. The number of rotatable bonds is 5. The van der Waals surface area contributed by atoms with E-state index in [1.807, 2.05) is 54.7 Å². The molecule has 0 aliphatic rings. The normalized spacial score (nSPS) is 10.9. The number of aromatic nitrogens is 3. The summed E-state index contributed by atoms with van der Waals surface area (Å²) in [6.45, 7) is 0. The van der Waals surface area contributed by atoms with E-state index in [4.69, 9.17) is 16.7 Å². The van der Waals surface area contributed by atoms with Gasteiger partial charge in [-0.1, -0.05) is 29.8 Å². The lowest BCUT2D eigenvalue weighted by molar-refractivity contribution is -0.115. The third-order valence-electron chi connectivity index (χ3n) is 4.21. The molecule has 1 amide bonds. The van der Waals surface area contributed by atoms with Gasteiger partial charge in [0.15, 0.2) is 5.65 Å². The van der Waals surface area contributed by atoms with E-state index < -0.39 is 0 Å². The van der Waals surface area contributed by atoms with Gasteiger partial charge in [-0.25, -0.2) is 9.67 Å². The largest absolute Gasteiger partial charge is 0.326 e. The third kappa shape index (κ3) is 3.87. The number of hydrogen-bond donors (Lipinski definition) is 2. The van der Waals surface area contributed by atoms with Crippen LogP contribution in [0.2, 0.25) is 5.02 Å². The van der Waals surface area contributed by atoms with Gasteiger partial charge in [-0.3, -0.25) is 9.93 Å². The van der Waals surface area contributed by atoms with Gasteiger partial charge < -0.3 is 5.32 Å². The highest BCUT2D eigenvalue weighted by Gasteiger charge is 2.11. The fraction of sp³-hybridized carbons (Fsp3) is 0.0500. The molecule has 2 aromatic carbocycles. The first kappa shape index (κ1) is 18.5. The Bertz CT molecular complexity index is 1130. The number of hydrogen-bond acceptors (Lipinski definition) is 5. The zero-order chi connectivity index (χ0) is 19.5. The van der Waals surface area contributed by atoms with Crippen LogP contribution in [0.4, 0.5) is 5.69 Å². The quantitative estimate of drug-likeness (QED) is 0.482. The predicted molar refractivity (Wildman–Crippen MR) is 113 cm³/mol. The van der Waals surface area contributed by atoms with Gasteiger partial charge in [0.25, 0.3) is 0 Å². The first-order valence-electron chi connectivity index (χ1n) is 8.49. The molecule has 0 bridgehead atoms. The summed E-state index contributed by atoms with van der Waals surface area (Å²) in [5.41, 5.74) is 2.91. The molecular formula is C20H16ClN5OS. The van der Waals surface area contributed by atoms with Crippen LogP contribution in [-0.4, -0.2) is 20.7 Å². The molecule has 28 heavy (non-hydrogen) atoms. The maximum absolute atomic E-state index is 12.4. The molecule has 140 valence electrons. The van der Waals surface area contributed by atoms with Crippen LogP contribution in [0, 0.1) is 0 Å². The first-order valence-corrected chi connectivity index (χ1v) is 9.74. The minimum Gasteiger partial charge on any atom is -0.326 e. The van der Waals surface area contributed by atoms with Gasteiger partial charge in [-0.2, -0.15) is 0 Å². The number of nitrogens with one attached hydrogen (secondary N) is 1. The molecule has 0 unspecified atom stereocenters. The summed E-state index contributed by atoms with van der Waals surface area (Å²) in [7, 11) is 0. The zero-order valence-corrected chi connectivity index (χ0v) is 16.2. The van der Waals surface area contributed by atoms with Gasteiger partial charge in [-0.05, 0) is 53.9 Å². The number of fused-ring (bicyclic) bond motifs is 1. The number of nitrogens with zero attached hydrogens (tertiary/aromatic N) is 3. The van der Waals surface area contributed by atoms with Crippen molar-refractivity contribution < 1.29 is 4.79 Å². The minimum absolute atomic E-state index is 0.150. The van der Waals surface area contributed by atoms with Crippen molar-refractivity contribution in [3.63, 3.8) is 0 Å². The molecular weight excluding hydrogens is 394 g/mol. The Morgan fingerprint density at radius 3 is 2.82 bits per heavy atom. The number of benzene rings is 2. The summed E-state index contributed by atoms with van der Waals surface area (Å²) in [4.78, 5) is 17.4. The first-order chi connectivity index (χ1) is 13.6. The van der Waals surface area contributed by atoms with Crippen LogP contribution in [0.1, 0.15) is 5.56 Å². The summed E-state index contributed by atoms with van der Waals surface area (Å²) in [5, 5.41) is 14.7. The molecule has 4 aromatic rings. The molecule has 2 aromatic heterocycles. The molecule has 0 aliphatic carbocycles. The summed E-state index contributed by atoms with van der Waals surface area (Å²) >= 11 is 7.22. The van der Waals surface area contributed by atoms with Crippen molar-refractivity contribution in [1.82, 2.24) is 14.8 Å². The fourth-order valence-corrected chi connectivity index (χ4v) is 3.56. The molecule has 0 saturated carbocycles. The van der Waals surface area contributed by atoms with Gasteiger partial charge in [0.1, 0.15) is 0 Å². The lowest BCUT2D eigenvalue weighted by atomic mass is 10.1. The average molecular weight is 410 g/mol. The number of anilines is 1. The van der Waals surface area contributed by atoms with Crippen LogP contribution in [0.3, 0.4) is 0 Å². The Labute approximate surface area is 170 Å². The molecule has 0 atom stereocenters. The number of carbonyl (C=O) groups excluding carboxylic acids is 1. The number of carbonyl (C=O) groups is 1. The van der Waals surface area contributed by atoms with Gasteiger partial charge in [0, 0.05) is 28.5 Å². The second-order valence-corrected chi connectivity index (χ2v) is 7.19. The average Bonchev–Trinajstić information content (AvgIpc) is 3.13. The van der Waals surface area contributed by atoms with Crippen LogP contribution < -0.4 is 10.5 Å². The molecule has 2 heterocycles. The van der Waals surface area contributed by atoms with Gasteiger partial charge >= 0.3 is 0 Å². The smallest absolute Gasteiger partial charge is 0.228 e. The molecule has 0 spiro atoms. The Hall–Kier alpha value is -2.87. The van der Waals surface area contributed by atoms with Crippen LogP contribution in [0.15, 0.2) is 71.9 Å². The standard InChI is InChI=1S/C20H16ClN5OS/c21-16-6-2-1-4-13(16)10-19(27)24-15-7-8-17(18(11-15)28-22)26-12-14-5-3-9-23-20(14)25-26/h1-9,11-12H,10,22H2,(H,24,27). The van der Waals surface area contributed by atoms with Crippen molar-refractivity contribution in [2.24, 2.45) is 5.14 Å². The molecule has 6 nitrogen and oxygen atoms in total. The Kier molecular flexibility index (Phi) is 5.29. The number of halogens is 1. The maximum Gasteiger partial charge on any atom is 0.228 e.